The maximum absolute atomic E-state index is 13.9. The van der Waals surface area contributed by atoms with Gasteiger partial charge in [0.25, 0.3) is 0 Å². The van der Waals surface area contributed by atoms with Crippen LogP contribution in [0.5, 0.6) is 0 Å². The summed E-state index contributed by atoms with van der Waals surface area (Å²) in [6.45, 7) is 3.21. The van der Waals surface area contributed by atoms with E-state index in [0.29, 0.717) is 10.6 Å². The van der Waals surface area contributed by atoms with Gasteiger partial charge in [-0.2, -0.15) is 0 Å². The highest BCUT2D eigenvalue weighted by atomic mass is 35.5. The van der Waals surface area contributed by atoms with Crippen LogP contribution in [0.2, 0.25) is 5.02 Å². The summed E-state index contributed by atoms with van der Waals surface area (Å²) in [6, 6.07) is 6.91. The molecule has 0 bridgehead atoms. The number of aryl methyl sites for hydroxylation is 2. The van der Waals surface area contributed by atoms with E-state index in [1.54, 1.807) is 6.92 Å². The molecule has 0 aliphatic carbocycles. The molecule has 98 valence electrons. The molecule has 0 radical (unpaired) electrons. The van der Waals surface area contributed by atoms with Crippen LogP contribution in [0.3, 0.4) is 0 Å². The van der Waals surface area contributed by atoms with Crippen molar-refractivity contribution in [3.8, 4) is 0 Å². The van der Waals surface area contributed by atoms with Crippen molar-refractivity contribution in [3.63, 3.8) is 0 Å². The van der Waals surface area contributed by atoms with E-state index in [1.807, 2.05) is 0 Å². The summed E-state index contributed by atoms with van der Waals surface area (Å²) in [5.74, 6) is -2.36. The van der Waals surface area contributed by atoms with E-state index < -0.39 is 23.0 Å². The molecule has 0 aromatic heterocycles. The van der Waals surface area contributed by atoms with Crippen LogP contribution >= 0.6 is 11.6 Å². The van der Waals surface area contributed by atoms with Gasteiger partial charge in [0.15, 0.2) is 5.78 Å². The van der Waals surface area contributed by atoms with Crippen molar-refractivity contribution in [2.45, 2.75) is 13.8 Å². The summed E-state index contributed by atoms with van der Waals surface area (Å²) in [6.07, 6.45) is 0. The highest BCUT2D eigenvalue weighted by Crippen LogP contribution is 2.22. The van der Waals surface area contributed by atoms with Gasteiger partial charge in [0.2, 0.25) is 0 Å². The molecule has 0 atom stereocenters. The van der Waals surface area contributed by atoms with Crippen LogP contribution in [0.25, 0.3) is 0 Å². The summed E-state index contributed by atoms with van der Waals surface area (Å²) in [5, 5.41) is 0.502. The zero-order chi connectivity index (χ0) is 14.2. The van der Waals surface area contributed by atoms with Gasteiger partial charge in [-0.3, -0.25) is 4.79 Å². The lowest BCUT2D eigenvalue weighted by Gasteiger charge is -2.07. The van der Waals surface area contributed by atoms with Crippen molar-refractivity contribution < 1.29 is 13.6 Å². The van der Waals surface area contributed by atoms with Crippen LogP contribution in [-0.2, 0) is 0 Å². The number of halogens is 3. The summed E-state index contributed by atoms with van der Waals surface area (Å²) in [7, 11) is 0. The van der Waals surface area contributed by atoms with E-state index >= 15 is 0 Å². The Hall–Kier alpha value is -1.74. The van der Waals surface area contributed by atoms with Gasteiger partial charge in [-0.25, -0.2) is 8.78 Å². The third kappa shape index (κ3) is 2.51. The number of carbonyl (C=O) groups excluding carboxylic acids is 1. The molecule has 0 heterocycles. The Balaban J connectivity index is 2.56. The molecule has 2 aromatic carbocycles. The van der Waals surface area contributed by atoms with Crippen LogP contribution in [0.4, 0.5) is 8.78 Å². The monoisotopic (exact) mass is 280 g/mol. The van der Waals surface area contributed by atoms with E-state index in [0.717, 1.165) is 6.07 Å². The van der Waals surface area contributed by atoms with Gasteiger partial charge in [0.1, 0.15) is 11.6 Å². The second kappa shape index (κ2) is 5.10. The van der Waals surface area contributed by atoms with Gasteiger partial charge < -0.3 is 0 Å². The van der Waals surface area contributed by atoms with Gasteiger partial charge in [-0.1, -0.05) is 17.7 Å². The van der Waals surface area contributed by atoms with Crippen LogP contribution < -0.4 is 0 Å². The van der Waals surface area contributed by atoms with Gasteiger partial charge >= 0.3 is 0 Å². The Morgan fingerprint density at radius 1 is 1.05 bits per heavy atom. The second-order valence-electron chi connectivity index (χ2n) is 4.35. The highest BCUT2D eigenvalue weighted by molar-refractivity contribution is 6.31. The number of benzene rings is 2. The SMILES string of the molecule is Cc1cc(C(=O)c2c(F)ccc(C)c2F)ccc1Cl. The lowest BCUT2D eigenvalue weighted by atomic mass is 9.99. The Morgan fingerprint density at radius 3 is 2.37 bits per heavy atom. The highest BCUT2D eigenvalue weighted by Gasteiger charge is 2.20. The van der Waals surface area contributed by atoms with Crippen molar-refractivity contribution in [2.24, 2.45) is 0 Å². The average Bonchev–Trinajstić information content (AvgIpc) is 2.37. The molecule has 0 saturated carbocycles. The maximum atomic E-state index is 13.9. The molecule has 0 spiro atoms. The summed E-state index contributed by atoms with van der Waals surface area (Å²) >= 11 is 5.86. The molecular weight excluding hydrogens is 270 g/mol. The smallest absolute Gasteiger partial charge is 0.198 e. The fourth-order valence-corrected chi connectivity index (χ4v) is 1.91. The van der Waals surface area contributed by atoms with Crippen LogP contribution in [0.15, 0.2) is 30.3 Å². The molecule has 0 N–H and O–H groups in total. The minimum Gasteiger partial charge on any atom is -0.288 e. The molecule has 0 unspecified atom stereocenters. The molecular formula is C15H11ClF2O. The quantitative estimate of drug-likeness (QED) is 0.742. The predicted octanol–water partition coefficient (Wildman–Crippen LogP) is 4.47. The standard InChI is InChI=1S/C15H11ClF2O/c1-8-3-6-12(17)13(14(8)18)15(19)10-4-5-11(16)9(2)7-10/h3-7H,1-2H3. The summed E-state index contributed by atoms with van der Waals surface area (Å²) in [4.78, 5) is 12.2. The van der Waals surface area contributed by atoms with Crippen molar-refractivity contribution in [2.75, 3.05) is 0 Å². The van der Waals surface area contributed by atoms with Crippen LogP contribution in [-0.4, -0.2) is 5.78 Å². The fraction of sp³-hybridized carbons (Fsp3) is 0.133. The Labute approximate surface area is 114 Å². The van der Waals surface area contributed by atoms with Gasteiger partial charge in [0, 0.05) is 10.6 Å². The van der Waals surface area contributed by atoms with Crippen molar-refractivity contribution in [1.82, 2.24) is 0 Å². The molecule has 2 rings (SSSR count). The molecule has 0 amide bonds. The van der Waals surface area contributed by atoms with Gasteiger partial charge in [-0.05, 0) is 49.2 Å². The molecule has 0 fully saturated rings. The second-order valence-corrected chi connectivity index (χ2v) is 4.75. The predicted molar refractivity (Wildman–Crippen MR) is 70.7 cm³/mol. The lowest BCUT2D eigenvalue weighted by Crippen LogP contribution is -2.09. The minimum atomic E-state index is -0.860. The molecule has 19 heavy (non-hydrogen) atoms. The number of hydrogen-bond donors (Lipinski definition) is 0. The first-order valence-corrected chi connectivity index (χ1v) is 6.05. The zero-order valence-electron chi connectivity index (χ0n) is 10.4. The normalized spacial score (nSPS) is 10.6. The van der Waals surface area contributed by atoms with E-state index in [9.17, 15) is 13.6 Å². The van der Waals surface area contributed by atoms with Crippen LogP contribution in [0, 0.1) is 25.5 Å². The topological polar surface area (TPSA) is 17.1 Å². The number of hydrogen-bond acceptors (Lipinski definition) is 1. The number of ketones is 1. The van der Waals surface area contributed by atoms with E-state index in [4.69, 9.17) is 11.6 Å². The number of carbonyl (C=O) groups is 1. The largest absolute Gasteiger partial charge is 0.288 e. The molecule has 0 saturated heterocycles. The fourth-order valence-electron chi connectivity index (χ4n) is 1.80. The Kier molecular flexibility index (Phi) is 3.67. The van der Waals surface area contributed by atoms with Crippen molar-refractivity contribution in [3.05, 3.63) is 69.2 Å². The molecule has 0 aliphatic rings. The van der Waals surface area contributed by atoms with E-state index in [1.165, 1.54) is 31.2 Å². The van der Waals surface area contributed by atoms with Crippen molar-refractivity contribution >= 4 is 17.4 Å². The Morgan fingerprint density at radius 2 is 1.74 bits per heavy atom. The first-order chi connectivity index (χ1) is 8.91. The van der Waals surface area contributed by atoms with Gasteiger partial charge in [0.05, 0.1) is 5.56 Å². The minimum absolute atomic E-state index is 0.213. The third-order valence-electron chi connectivity index (χ3n) is 2.93. The summed E-state index contributed by atoms with van der Waals surface area (Å²) < 4.78 is 27.6. The number of rotatable bonds is 2. The van der Waals surface area contributed by atoms with Crippen molar-refractivity contribution in [1.29, 1.82) is 0 Å². The maximum Gasteiger partial charge on any atom is 0.198 e. The van der Waals surface area contributed by atoms with Crippen LogP contribution in [0.1, 0.15) is 27.0 Å². The lowest BCUT2D eigenvalue weighted by molar-refractivity contribution is 0.103. The Bertz CT molecular complexity index is 665. The molecule has 1 nitrogen and oxygen atoms in total. The first kappa shape index (κ1) is 13.7. The van der Waals surface area contributed by atoms with Gasteiger partial charge in [-0.15, -0.1) is 0 Å². The average molecular weight is 281 g/mol. The third-order valence-corrected chi connectivity index (χ3v) is 3.36. The molecule has 4 heteroatoms. The van der Waals surface area contributed by atoms with E-state index in [2.05, 4.69) is 0 Å². The van der Waals surface area contributed by atoms with E-state index in [-0.39, 0.29) is 11.1 Å². The zero-order valence-corrected chi connectivity index (χ0v) is 11.2. The summed E-state index contributed by atoms with van der Waals surface area (Å²) in [5.41, 5.74) is 0.600. The molecule has 0 aliphatic heterocycles. The first-order valence-electron chi connectivity index (χ1n) is 5.67. The molecule has 2 aromatic rings.